The van der Waals surface area contributed by atoms with Crippen LogP contribution in [-0.4, -0.2) is 11.9 Å². The first-order valence-corrected chi connectivity index (χ1v) is 5.41. The first kappa shape index (κ1) is 11.2. The van der Waals surface area contributed by atoms with Crippen LogP contribution < -0.4 is 11.1 Å². The van der Waals surface area contributed by atoms with Crippen molar-refractivity contribution in [2.45, 2.75) is 33.4 Å². The summed E-state index contributed by atoms with van der Waals surface area (Å²) in [6.07, 6.45) is 0. The Hall–Kier alpha value is -0.870. The topological polar surface area (TPSA) is 55.1 Å². The third-order valence-electron chi connectivity index (χ3n) is 2.07. The zero-order valence-electron chi connectivity index (χ0n) is 8.76. The van der Waals surface area contributed by atoms with Crippen LogP contribution in [0.3, 0.4) is 0 Å². The minimum atomic E-state index is -0.433. The van der Waals surface area contributed by atoms with E-state index < -0.39 is 6.04 Å². The first-order valence-electron chi connectivity index (χ1n) is 4.60. The van der Waals surface area contributed by atoms with Gasteiger partial charge in [0.2, 0.25) is 5.91 Å². The van der Waals surface area contributed by atoms with Gasteiger partial charge in [0.15, 0.2) is 0 Å². The standard InChI is InChI=1S/C10H16N2OS/c1-6-4-9(14-8(6)3)5-12-10(13)7(2)11/h4,7H,5,11H2,1-3H3,(H,12,13)/t7-/m1/s1. The molecule has 1 heterocycles. The third kappa shape index (κ3) is 2.82. The molecule has 0 bridgehead atoms. The lowest BCUT2D eigenvalue weighted by Crippen LogP contribution is -2.37. The second-order valence-corrected chi connectivity index (χ2v) is 4.80. The van der Waals surface area contributed by atoms with Gasteiger partial charge in [-0.15, -0.1) is 11.3 Å². The molecule has 0 aliphatic heterocycles. The zero-order chi connectivity index (χ0) is 10.7. The summed E-state index contributed by atoms with van der Waals surface area (Å²) in [5.74, 6) is -0.103. The van der Waals surface area contributed by atoms with Crippen LogP contribution in [0, 0.1) is 13.8 Å². The zero-order valence-corrected chi connectivity index (χ0v) is 9.57. The fraction of sp³-hybridized carbons (Fsp3) is 0.500. The molecule has 3 nitrogen and oxygen atoms in total. The van der Waals surface area contributed by atoms with Gasteiger partial charge in [-0.25, -0.2) is 0 Å². The van der Waals surface area contributed by atoms with E-state index in [-0.39, 0.29) is 5.91 Å². The molecule has 0 radical (unpaired) electrons. The molecule has 0 aliphatic carbocycles. The highest BCUT2D eigenvalue weighted by Crippen LogP contribution is 2.20. The van der Waals surface area contributed by atoms with E-state index in [9.17, 15) is 4.79 Å². The maximum Gasteiger partial charge on any atom is 0.236 e. The summed E-state index contributed by atoms with van der Waals surface area (Å²) >= 11 is 1.71. The molecular formula is C10H16N2OS. The Morgan fingerprint density at radius 2 is 2.29 bits per heavy atom. The van der Waals surface area contributed by atoms with E-state index in [0.717, 1.165) is 0 Å². The van der Waals surface area contributed by atoms with Gasteiger partial charge in [-0.2, -0.15) is 0 Å². The van der Waals surface area contributed by atoms with Crippen LogP contribution in [-0.2, 0) is 11.3 Å². The van der Waals surface area contributed by atoms with Crippen LogP contribution in [0.2, 0.25) is 0 Å². The number of thiophene rings is 1. The van der Waals surface area contributed by atoms with E-state index in [1.54, 1.807) is 18.3 Å². The lowest BCUT2D eigenvalue weighted by atomic mass is 10.3. The molecule has 4 heteroatoms. The van der Waals surface area contributed by atoms with Gasteiger partial charge in [0, 0.05) is 9.75 Å². The average molecular weight is 212 g/mol. The molecule has 0 unspecified atom stereocenters. The Bertz CT molecular complexity index is 311. The highest BCUT2D eigenvalue weighted by Gasteiger charge is 2.07. The molecule has 0 spiro atoms. The van der Waals surface area contributed by atoms with Crippen molar-refractivity contribution in [1.29, 1.82) is 0 Å². The molecular weight excluding hydrogens is 196 g/mol. The quantitative estimate of drug-likeness (QED) is 0.794. The first-order chi connectivity index (χ1) is 6.50. The van der Waals surface area contributed by atoms with Crippen molar-refractivity contribution in [3.05, 3.63) is 21.4 Å². The Labute approximate surface area is 88.3 Å². The van der Waals surface area contributed by atoms with Gasteiger partial charge < -0.3 is 11.1 Å². The van der Waals surface area contributed by atoms with E-state index >= 15 is 0 Å². The molecule has 1 atom stereocenters. The van der Waals surface area contributed by atoms with Gasteiger partial charge in [-0.05, 0) is 32.4 Å². The lowest BCUT2D eigenvalue weighted by molar-refractivity contribution is -0.122. The SMILES string of the molecule is Cc1cc(CNC(=O)[C@@H](C)N)sc1C. The molecule has 0 aliphatic rings. The number of hydrogen-bond acceptors (Lipinski definition) is 3. The van der Waals surface area contributed by atoms with Crippen LogP contribution in [0.15, 0.2) is 6.07 Å². The molecule has 14 heavy (non-hydrogen) atoms. The van der Waals surface area contributed by atoms with Crippen LogP contribution in [0.5, 0.6) is 0 Å². The minimum Gasteiger partial charge on any atom is -0.350 e. The minimum absolute atomic E-state index is 0.103. The number of carbonyl (C=O) groups excluding carboxylic acids is 1. The van der Waals surface area contributed by atoms with Gasteiger partial charge in [-0.1, -0.05) is 0 Å². The predicted molar refractivity (Wildman–Crippen MR) is 59.3 cm³/mol. The fourth-order valence-corrected chi connectivity index (χ4v) is 2.07. The lowest BCUT2D eigenvalue weighted by Gasteiger charge is -2.05. The summed E-state index contributed by atoms with van der Waals surface area (Å²) in [5, 5.41) is 2.79. The number of nitrogens with two attached hydrogens (primary N) is 1. The van der Waals surface area contributed by atoms with E-state index in [2.05, 4.69) is 25.2 Å². The number of rotatable bonds is 3. The normalized spacial score (nSPS) is 12.6. The summed E-state index contributed by atoms with van der Waals surface area (Å²) < 4.78 is 0. The maximum atomic E-state index is 11.2. The largest absolute Gasteiger partial charge is 0.350 e. The Kier molecular flexibility index (Phi) is 3.66. The molecule has 1 rings (SSSR count). The molecule has 3 N–H and O–H groups in total. The van der Waals surface area contributed by atoms with Crippen LogP contribution in [0.4, 0.5) is 0 Å². The molecule has 0 aromatic carbocycles. The van der Waals surface area contributed by atoms with Crippen LogP contribution in [0.1, 0.15) is 22.2 Å². The average Bonchev–Trinajstić information content (AvgIpc) is 2.42. The molecule has 0 saturated heterocycles. The van der Waals surface area contributed by atoms with Gasteiger partial charge in [0.25, 0.3) is 0 Å². The van der Waals surface area contributed by atoms with Crippen molar-refractivity contribution in [2.24, 2.45) is 5.73 Å². The fourth-order valence-electron chi connectivity index (χ4n) is 1.07. The Balaban J connectivity index is 2.50. The number of aryl methyl sites for hydroxylation is 2. The van der Waals surface area contributed by atoms with Crippen LogP contribution in [0.25, 0.3) is 0 Å². The number of carbonyl (C=O) groups is 1. The second-order valence-electron chi connectivity index (χ2n) is 3.46. The summed E-state index contributed by atoms with van der Waals surface area (Å²) in [5.41, 5.74) is 6.70. The van der Waals surface area contributed by atoms with Gasteiger partial charge in [-0.3, -0.25) is 4.79 Å². The second kappa shape index (κ2) is 4.57. The van der Waals surface area contributed by atoms with Crippen molar-refractivity contribution in [1.82, 2.24) is 5.32 Å². The van der Waals surface area contributed by atoms with E-state index in [1.807, 2.05) is 0 Å². The molecule has 1 aromatic rings. The number of amides is 1. The number of hydrogen-bond donors (Lipinski definition) is 2. The third-order valence-corrected chi connectivity index (χ3v) is 3.22. The molecule has 1 amide bonds. The van der Waals surface area contributed by atoms with E-state index in [4.69, 9.17) is 5.73 Å². The van der Waals surface area contributed by atoms with Crippen LogP contribution >= 0.6 is 11.3 Å². The smallest absolute Gasteiger partial charge is 0.236 e. The predicted octanol–water partition coefficient (Wildman–Crippen LogP) is 1.33. The van der Waals surface area contributed by atoms with Crippen molar-refractivity contribution in [2.75, 3.05) is 0 Å². The van der Waals surface area contributed by atoms with Crippen molar-refractivity contribution >= 4 is 17.2 Å². The molecule has 1 aromatic heterocycles. The van der Waals surface area contributed by atoms with Crippen molar-refractivity contribution in [3.63, 3.8) is 0 Å². The van der Waals surface area contributed by atoms with Crippen molar-refractivity contribution < 1.29 is 4.79 Å². The summed E-state index contributed by atoms with van der Waals surface area (Å²) in [6, 6.07) is 1.67. The van der Waals surface area contributed by atoms with Gasteiger partial charge in [0.05, 0.1) is 12.6 Å². The molecule has 0 saturated carbocycles. The van der Waals surface area contributed by atoms with Gasteiger partial charge in [0.1, 0.15) is 0 Å². The Morgan fingerprint density at radius 1 is 1.64 bits per heavy atom. The molecule has 0 fully saturated rings. The summed E-state index contributed by atoms with van der Waals surface area (Å²) in [7, 11) is 0. The van der Waals surface area contributed by atoms with Gasteiger partial charge >= 0.3 is 0 Å². The maximum absolute atomic E-state index is 11.2. The highest BCUT2D eigenvalue weighted by atomic mass is 32.1. The summed E-state index contributed by atoms with van der Waals surface area (Å²) in [6.45, 7) is 6.42. The van der Waals surface area contributed by atoms with Crippen molar-refractivity contribution in [3.8, 4) is 0 Å². The highest BCUT2D eigenvalue weighted by molar-refractivity contribution is 7.12. The van der Waals surface area contributed by atoms with E-state index in [1.165, 1.54) is 15.3 Å². The monoisotopic (exact) mass is 212 g/mol. The molecule has 78 valence electrons. The van der Waals surface area contributed by atoms with E-state index in [0.29, 0.717) is 6.54 Å². The Morgan fingerprint density at radius 3 is 2.71 bits per heavy atom. The summed E-state index contributed by atoms with van der Waals surface area (Å²) in [4.78, 5) is 13.7. The number of nitrogens with one attached hydrogen (secondary N) is 1.